The largest absolute Gasteiger partial charge is 0.298 e. The fourth-order valence-corrected chi connectivity index (χ4v) is 3.07. The minimum absolute atomic E-state index is 0.0354. The van der Waals surface area contributed by atoms with Gasteiger partial charge in [-0.1, -0.05) is 51.3 Å². The quantitative estimate of drug-likeness (QED) is 0.533. The van der Waals surface area contributed by atoms with Crippen LogP contribution < -0.4 is 5.01 Å². The first kappa shape index (κ1) is 17.4. The topological polar surface area (TPSA) is 49.7 Å². The van der Waals surface area contributed by atoms with Crippen molar-refractivity contribution in [3.05, 3.63) is 30.3 Å². The number of benzene rings is 1. The molecule has 0 radical (unpaired) electrons. The molecular weight excluding hydrogens is 288 g/mol. The van der Waals surface area contributed by atoms with Gasteiger partial charge in [0.25, 0.3) is 5.91 Å². The van der Waals surface area contributed by atoms with Crippen LogP contribution in [-0.4, -0.2) is 17.4 Å². The Kier molecular flexibility index (Phi) is 6.08. The van der Waals surface area contributed by atoms with Gasteiger partial charge in [-0.05, 0) is 31.9 Å². The van der Waals surface area contributed by atoms with Crippen molar-refractivity contribution in [1.82, 2.24) is 0 Å². The summed E-state index contributed by atoms with van der Waals surface area (Å²) in [6.07, 6.45) is 4.96. The van der Waals surface area contributed by atoms with Crippen LogP contribution in [0.3, 0.4) is 0 Å². The van der Waals surface area contributed by atoms with Crippen molar-refractivity contribution in [2.75, 3.05) is 5.01 Å². The highest BCUT2D eigenvalue weighted by molar-refractivity contribution is 6.27. The molecule has 2 atom stereocenters. The SMILES string of the molecule is CCCCCC(CC)C(=O)C1C(=O)N(c2ccccc2)N=C1C. The van der Waals surface area contributed by atoms with Crippen molar-refractivity contribution in [3.8, 4) is 0 Å². The molecule has 124 valence electrons. The average Bonchev–Trinajstić information content (AvgIpc) is 2.86. The van der Waals surface area contributed by atoms with Gasteiger partial charge in [-0.2, -0.15) is 10.1 Å². The number of hydrogen-bond acceptors (Lipinski definition) is 3. The fourth-order valence-electron chi connectivity index (χ4n) is 3.07. The lowest BCUT2D eigenvalue weighted by Crippen LogP contribution is -2.36. The molecule has 2 unspecified atom stereocenters. The molecule has 4 nitrogen and oxygen atoms in total. The van der Waals surface area contributed by atoms with E-state index in [2.05, 4.69) is 12.0 Å². The van der Waals surface area contributed by atoms with Crippen molar-refractivity contribution < 1.29 is 9.59 Å². The van der Waals surface area contributed by atoms with Gasteiger partial charge in [-0.3, -0.25) is 9.59 Å². The third-order valence-electron chi connectivity index (χ3n) is 4.47. The Bertz CT molecular complexity index is 580. The van der Waals surface area contributed by atoms with E-state index in [0.717, 1.165) is 32.1 Å². The summed E-state index contributed by atoms with van der Waals surface area (Å²) in [6.45, 7) is 5.95. The summed E-state index contributed by atoms with van der Waals surface area (Å²) in [6, 6.07) is 9.29. The molecule has 2 rings (SSSR count). The number of rotatable bonds is 8. The van der Waals surface area contributed by atoms with E-state index < -0.39 is 5.92 Å². The lowest BCUT2D eigenvalue weighted by molar-refractivity contribution is -0.131. The van der Waals surface area contributed by atoms with Gasteiger partial charge < -0.3 is 0 Å². The molecule has 0 aromatic heterocycles. The van der Waals surface area contributed by atoms with Crippen LogP contribution in [0.25, 0.3) is 0 Å². The van der Waals surface area contributed by atoms with E-state index in [-0.39, 0.29) is 17.6 Å². The lowest BCUT2D eigenvalue weighted by Gasteiger charge is -2.18. The Morgan fingerprint density at radius 1 is 1.22 bits per heavy atom. The van der Waals surface area contributed by atoms with Crippen molar-refractivity contribution in [3.63, 3.8) is 0 Å². The number of hydrogen-bond donors (Lipinski definition) is 0. The van der Waals surface area contributed by atoms with E-state index in [1.807, 2.05) is 37.3 Å². The van der Waals surface area contributed by atoms with Crippen LogP contribution in [0.2, 0.25) is 0 Å². The van der Waals surface area contributed by atoms with E-state index in [1.165, 1.54) is 5.01 Å². The molecule has 0 N–H and O–H groups in total. The zero-order valence-electron chi connectivity index (χ0n) is 14.3. The van der Waals surface area contributed by atoms with Crippen molar-refractivity contribution >= 4 is 23.1 Å². The van der Waals surface area contributed by atoms with E-state index in [9.17, 15) is 9.59 Å². The Hall–Kier alpha value is -1.97. The van der Waals surface area contributed by atoms with Gasteiger partial charge in [-0.15, -0.1) is 0 Å². The average molecular weight is 314 g/mol. The Morgan fingerprint density at radius 2 is 1.91 bits per heavy atom. The smallest absolute Gasteiger partial charge is 0.263 e. The van der Waals surface area contributed by atoms with Gasteiger partial charge in [0.15, 0.2) is 5.78 Å². The van der Waals surface area contributed by atoms with Crippen LogP contribution in [-0.2, 0) is 9.59 Å². The number of nitrogens with zero attached hydrogens (tertiary/aromatic N) is 2. The molecular formula is C19H26N2O2. The first-order valence-electron chi connectivity index (χ1n) is 8.58. The van der Waals surface area contributed by atoms with Gasteiger partial charge in [0.2, 0.25) is 0 Å². The first-order chi connectivity index (χ1) is 11.1. The monoisotopic (exact) mass is 314 g/mol. The molecule has 0 aliphatic carbocycles. The number of hydrazone groups is 1. The number of ketones is 1. The van der Waals surface area contributed by atoms with Gasteiger partial charge in [0.1, 0.15) is 5.92 Å². The number of amides is 1. The molecule has 0 fully saturated rings. The Morgan fingerprint density at radius 3 is 2.52 bits per heavy atom. The summed E-state index contributed by atoms with van der Waals surface area (Å²) in [4.78, 5) is 25.5. The highest BCUT2D eigenvalue weighted by Crippen LogP contribution is 2.28. The molecule has 1 aliphatic heterocycles. The maximum Gasteiger partial charge on any atom is 0.263 e. The summed E-state index contributed by atoms with van der Waals surface area (Å²) >= 11 is 0. The maximum atomic E-state index is 12.8. The second-order valence-electron chi connectivity index (χ2n) is 6.16. The molecule has 1 aliphatic rings. The standard InChI is InChI=1S/C19H26N2O2/c1-4-6-8-11-15(5-2)18(22)17-14(3)20-21(19(17)23)16-12-9-7-10-13-16/h7,9-10,12-13,15,17H,4-6,8,11H2,1-3H3. The summed E-state index contributed by atoms with van der Waals surface area (Å²) in [5.74, 6) is -0.931. The van der Waals surface area contributed by atoms with Crippen LogP contribution in [0, 0.1) is 11.8 Å². The minimum Gasteiger partial charge on any atom is -0.298 e. The molecule has 4 heteroatoms. The minimum atomic E-state index is -0.707. The number of unbranched alkanes of at least 4 members (excludes halogenated alkanes) is 2. The molecule has 0 saturated heterocycles. The highest BCUT2D eigenvalue weighted by atomic mass is 16.2. The van der Waals surface area contributed by atoms with Gasteiger partial charge in [-0.25, -0.2) is 0 Å². The number of carbonyl (C=O) groups is 2. The first-order valence-corrected chi connectivity index (χ1v) is 8.58. The Balaban J connectivity index is 2.12. The zero-order valence-corrected chi connectivity index (χ0v) is 14.3. The van der Waals surface area contributed by atoms with Crippen molar-refractivity contribution in [2.45, 2.75) is 52.9 Å². The molecule has 0 bridgehead atoms. The molecule has 1 aromatic rings. The molecule has 0 spiro atoms. The number of carbonyl (C=O) groups excluding carboxylic acids is 2. The molecule has 1 heterocycles. The van der Waals surface area contributed by atoms with Crippen LogP contribution >= 0.6 is 0 Å². The second-order valence-corrected chi connectivity index (χ2v) is 6.16. The predicted octanol–water partition coefficient (Wildman–Crippen LogP) is 4.20. The molecule has 23 heavy (non-hydrogen) atoms. The van der Waals surface area contributed by atoms with Crippen LogP contribution in [0.4, 0.5) is 5.69 Å². The van der Waals surface area contributed by atoms with Crippen LogP contribution in [0.15, 0.2) is 35.4 Å². The van der Waals surface area contributed by atoms with E-state index in [0.29, 0.717) is 11.4 Å². The van der Waals surface area contributed by atoms with E-state index in [1.54, 1.807) is 6.92 Å². The maximum absolute atomic E-state index is 12.8. The van der Waals surface area contributed by atoms with Crippen molar-refractivity contribution in [1.29, 1.82) is 0 Å². The second kappa shape index (κ2) is 8.04. The van der Waals surface area contributed by atoms with Crippen molar-refractivity contribution in [2.24, 2.45) is 16.9 Å². The predicted molar refractivity (Wildman–Crippen MR) is 93.5 cm³/mol. The van der Waals surface area contributed by atoms with Gasteiger partial charge >= 0.3 is 0 Å². The van der Waals surface area contributed by atoms with Gasteiger partial charge in [0, 0.05) is 5.92 Å². The van der Waals surface area contributed by atoms with Gasteiger partial charge in [0.05, 0.1) is 11.4 Å². The molecule has 1 amide bonds. The fraction of sp³-hybridized carbons (Fsp3) is 0.526. The van der Waals surface area contributed by atoms with E-state index in [4.69, 9.17) is 0 Å². The summed E-state index contributed by atoms with van der Waals surface area (Å²) in [5, 5.41) is 5.71. The third-order valence-corrected chi connectivity index (χ3v) is 4.47. The molecule has 1 aromatic carbocycles. The number of Topliss-reactive ketones (excluding diaryl/α,β-unsaturated/α-hetero) is 1. The highest BCUT2D eigenvalue weighted by Gasteiger charge is 2.41. The number of para-hydroxylation sites is 1. The summed E-state index contributed by atoms with van der Waals surface area (Å²) in [7, 11) is 0. The number of anilines is 1. The normalized spacial score (nSPS) is 18.9. The summed E-state index contributed by atoms with van der Waals surface area (Å²) in [5.41, 5.74) is 1.32. The lowest BCUT2D eigenvalue weighted by atomic mass is 9.85. The molecule has 0 saturated carbocycles. The van der Waals surface area contributed by atoms with Crippen LogP contribution in [0.1, 0.15) is 52.9 Å². The summed E-state index contributed by atoms with van der Waals surface area (Å²) < 4.78 is 0. The Labute approximate surface area is 138 Å². The van der Waals surface area contributed by atoms with Crippen LogP contribution in [0.5, 0.6) is 0 Å². The van der Waals surface area contributed by atoms with E-state index >= 15 is 0 Å². The zero-order chi connectivity index (χ0) is 16.8. The third kappa shape index (κ3) is 3.87.